The van der Waals surface area contributed by atoms with E-state index in [1.807, 2.05) is 0 Å². The third-order valence-corrected chi connectivity index (χ3v) is 5.27. The third-order valence-electron chi connectivity index (χ3n) is 4.83. The molecule has 0 unspecified atom stereocenters. The maximum absolute atomic E-state index is 14.0. The lowest BCUT2D eigenvalue weighted by atomic mass is 10.1. The highest BCUT2D eigenvalue weighted by Crippen LogP contribution is 2.21. The highest BCUT2D eigenvalue weighted by atomic mass is 35.5. The second kappa shape index (κ2) is 7.57. The number of nitrogens with one attached hydrogen (secondary N) is 2. The van der Waals surface area contributed by atoms with E-state index < -0.39 is 17.5 Å². The molecule has 0 spiro atoms. The molecule has 6 nitrogen and oxygen atoms in total. The fraction of sp³-hybridized carbons (Fsp3) is 0.211. The quantitative estimate of drug-likeness (QED) is 0.601. The molecule has 29 heavy (non-hydrogen) atoms. The van der Waals surface area contributed by atoms with Gasteiger partial charge in [-0.05, 0) is 42.5 Å². The number of nitrogens with zero attached hydrogens (tertiary/aromatic N) is 2. The summed E-state index contributed by atoms with van der Waals surface area (Å²) in [6.45, 7) is 0.905. The number of amides is 2. The van der Waals surface area contributed by atoms with Gasteiger partial charge in [0.1, 0.15) is 11.6 Å². The van der Waals surface area contributed by atoms with Crippen LogP contribution in [0.3, 0.4) is 0 Å². The van der Waals surface area contributed by atoms with Gasteiger partial charge in [0.2, 0.25) is 0 Å². The number of piperazine rings is 1. The minimum atomic E-state index is -0.650. The van der Waals surface area contributed by atoms with Gasteiger partial charge in [0, 0.05) is 31.2 Å². The predicted octanol–water partition coefficient (Wildman–Crippen LogP) is 3.76. The summed E-state index contributed by atoms with van der Waals surface area (Å²) in [5.41, 5.74) is 0.890. The SMILES string of the molecule is O=C(c1cc(Cl)ccc1F)N1CCN(C(=O)c2cc(F)cc3[nH]c(=S)[nH]c23)CC1. The van der Waals surface area contributed by atoms with Crippen molar-refractivity contribution < 1.29 is 18.4 Å². The van der Waals surface area contributed by atoms with E-state index in [2.05, 4.69) is 9.97 Å². The van der Waals surface area contributed by atoms with E-state index in [-0.39, 0.29) is 48.2 Å². The maximum Gasteiger partial charge on any atom is 0.257 e. The molecule has 10 heteroatoms. The van der Waals surface area contributed by atoms with Gasteiger partial charge in [0.15, 0.2) is 4.77 Å². The minimum absolute atomic E-state index is 0.107. The molecular formula is C19H15ClF2N4O2S. The van der Waals surface area contributed by atoms with Gasteiger partial charge < -0.3 is 19.8 Å². The lowest BCUT2D eigenvalue weighted by Gasteiger charge is -2.35. The van der Waals surface area contributed by atoms with Gasteiger partial charge in [-0.25, -0.2) is 8.78 Å². The van der Waals surface area contributed by atoms with E-state index in [1.54, 1.807) is 0 Å². The number of aromatic nitrogens is 2. The first kappa shape index (κ1) is 19.5. The molecule has 2 N–H and O–H groups in total. The van der Waals surface area contributed by atoms with Crippen LogP contribution in [0.1, 0.15) is 20.7 Å². The number of hydrogen-bond donors (Lipinski definition) is 2. The Kier molecular flexibility index (Phi) is 5.10. The van der Waals surface area contributed by atoms with E-state index in [9.17, 15) is 18.4 Å². The van der Waals surface area contributed by atoms with Crippen molar-refractivity contribution in [2.45, 2.75) is 0 Å². The Balaban J connectivity index is 1.51. The van der Waals surface area contributed by atoms with E-state index in [4.69, 9.17) is 23.8 Å². The summed E-state index contributed by atoms with van der Waals surface area (Å²) in [6.07, 6.45) is 0. The van der Waals surface area contributed by atoms with Crippen molar-refractivity contribution in [3.63, 3.8) is 0 Å². The average Bonchev–Trinajstić information content (AvgIpc) is 3.08. The van der Waals surface area contributed by atoms with Gasteiger partial charge in [-0.2, -0.15) is 0 Å². The molecule has 1 aliphatic heterocycles. The van der Waals surface area contributed by atoms with Crippen molar-refractivity contribution in [2.75, 3.05) is 26.2 Å². The number of benzene rings is 2. The lowest BCUT2D eigenvalue weighted by Crippen LogP contribution is -2.50. The van der Waals surface area contributed by atoms with Crippen LogP contribution in [-0.2, 0) is 0 Å². The number of carbonyl (C=O) groups is 2. The topological polar surface area (TPSA) is 72.2 Å². The van der Waals surface area contributed by atoms with Crippen LogP contribution in [0.25, 0.3) is 11.0 Å². The van der Waals surface area contributed by atoms with Crippen LogP contribution < -0.4 is 0 Å². The molecule has 1 aliphatic rings. The number of fused-ring (bicyclic) bond motifs is 1. The first-order valence-corrected chi connectivity index (χ1v) is 9.57. The molecule has 2 heterocycles. The summed E-state index contributed by atoms with van der Waals surface area (Å²) in [5, 5.41) is 0.266. The molecule has 150 valence electrons. The summed E-state index contributed by atoms with van der Waals surface area (Å²) in [6, 6.07) is 6.22. The van der Waals surface area contributed by atoms with Crippen LogP contribution in [0.4, 0.5) is 8.78 Å². The number of H-pyrrole nitrogens is 2. The zero-order valence-electron chi connectivity index (χ0n) is 15.0. The number of hydrogen-bond acceptors (Lipinski definition) is 3. The number of halogens is 3. The highest BCUT2D eigenvalue weighted by molar-refractivity contribution is 7.71. The first-order valence-electron chi connectivity index (χ1n) is 8.78. The first-order chi connectivity index (χ1) is 13.8. The molecular weight excluding hydrogens is 422 g/mol. The summed E-state index contributed by atoms with van der Waals surface area (Å²) < 4.78 is 28.2. The molecule has 0 saturated carbocycles. The van der Waals surface area contributed by atoms with Crippen LogP contribution in [0, 0.1) is 16.4 Å². The summed E-state index contributed by atoms with van der Waals surface area (Å²) >= 11 is 10.9. The summed E-state index contributed by atoms with van der Waals surface area (Å²) in [7, 11) is 0. The Morgan fingerprint density at radius 3 is 2.21 bits per heavy atom. The van der Waals surface area contributed by atoms with Crippen molar-refractivity contribution in [3.8, 4) is 0 Å². The maximum atomic E-state index is 14.0. The minimum Gasteiger partial charge on any atom is -0.335 e. The van der Waals surface area contributed by atoms with Gasteiger partial charge in [0.05, 0.1) is 22.2 Å². The zero-order chi connectivity index (χ0) is 20.7. The summed E-state index contributed by atoms with van der Waals surface area (Å²) in [5.74, 6) is -2.07. The number of aromatic amines is 2. The molecule has 1 saturated heterocycles. The van der Waals surface area contributed by atoms with Crippen LogP contribution in [-0.4, -0.2) is 57.8 Å². The molecule has 0 radical (unpaired) electrons. The van der Waals surface area contributed by atoms with E-state index in [1.165, 1.54) is 28.0 Å². The second-order valence-corrected chi connectivity index (χ2v) is 7.51. The Hall–Kier alpha value is -2.78. The second-order valence-electron chi connectivity index (χ2n) is 6.66. The van der Waals surface area contributed by atoms with Crippen molar-refractivity contribution in [3.05, 3.63) is 62.9 Å². The standard InChI is InChI=1S/C19H15ClF2N4O2S/c20-10-1-2-14(22)12(7-10)17(27)25-3-5-26(6-4-25)18(28)13-8-11(21)9-15-16(13)24-19(29)23-15/h1-2,7-9H,3-6H2,(H2,23,24,29). The van der Waals surface area contributed by atoms with E-state index >= 15 is 0 Å². The Labute approximate surface area is 174 Å². The fourth-order valence-corrected chi connectivity index (χ4v) is 3.77. The number of carbonyl (C=O) groups excluding carboxylic acids is 2. The fourth-order valence-electron chi connectivity index (χ4n) is 3.39. The van der Waals surface area contributed by atoms with Gasteiger partial charge in [-0.15, -0.1) is 0 Å². The van der Waals surface area contributed by atoms with E-state index in [0.717, 1.165) is 12.1 Å². The van der Waals surface area contributed by atoms with Crippen molar-refractivity contribution >= 4 is 46.7 Å². The largest absolute Gasteiger partial charge is 0.335 e. The molecule has 0 atom stereocenters. The van der Waals surface area contributed by atoms with E-state index in [0.29, 0.717) is 15.8 Å². The van der Waals surface area contributed by atoms with Crippen molar-refractivity contribution in [1.29, 1.82) is 0 Å². The van der Waals surface area contributed by atoms with Gasteiger partial charge >= 0.3 is 0 Å². The zero-order valence-corrected chi connectivity index (χ0v) is 16.5. The molecule has 1 aromatic heterocycles. The molecule has 2 aromatic carbocycles. The highest BCUT2D eigenvalue weighted by Gasteiger charge is 2.28. The van der Waals surface area contributed by atoms with Crippen molar-refractivity contribution in [2.24, 2.45) is 0 Å². The summed E-state index contributed by atoms with van der Waals surface area (Å²) in [4.78, 5) is 34.2. The average molecular weight is 437 g/mol. The normalized spacial score (nSPS) is 14.4. The van der Waals surface area contributed by atoms with Crippen LogP contribution in [0.2, 0.25) is 5.02 Å². The third kappa shape index (κ3) is 3.75. The number of imidazole rings is 1. The van der Waals surface area contributed by atoms with Crippen molar-refractivity contribution in [1.82, 2.24) is 19.8 Å². The number of rotatable bonds is 2. The molecule has 0 aliphatic carbocycles. The van der Waals surface area contributed by atoms with Crippen LogP contribution >= 0.6 is 23.8 Å². The predicted molar refractivity (Wildman–Crippen MR) is 107 cm³/mol. The smallest absolute Gasteiger partial charge is 0.257 e. The van der Waals surface area contributed by atoms with Crippen LogP contribution in [0.5, 0.6) is 0 Å². The Morgan fingerprint density at radius 1 is 0.931 bits per heavy atom. The molecule has 2 amide bonds. The lowest BCUT2D eigenvalue weighted by molar-refractivity contribution is 0.0533. The Morgan fingerprint density at radius 2 is 1.55 bits per heavy atom. The molecule has 0 bridgehead atoms. The van der Waals surface area contributed by atoms with Gasteiger partial charge in [-0.3, -0.25) is 9.59 Å². The molecule has 3 aromatic rings. The monoisotopic (exact) mass is 436 g/mol. The van der Waals surface area contributed by atoms with Gasteiger partial charge in [0.25, 0.3) is 11.8 Å². The molecule has 1 fully saturated rings. The van der Waals surface area contributed by atoms with Gasteiger partial charge in [-0.1, -0.05) is 11.6 Å². The Bertz CT molecular complexity index is 1180. The molecule has 4 rings (SSSR count). The van der Waals surface area contributed by atoms with Crippen LogP contribution in [0.15, 0.2) is 30.3 Å².